The van der Waals surface area contributed by atoms with Crippen molar-refractivity contribution in [3.8, 4) is 0 Å². The van der Waals surface area contributed by atoms with Crippen molar-refractivity contribution in [1.82, 2.24) is 0 Å². The lowest BCUT2D eigenvalue weighted by Crippen LogP contribution is -2.13. The molecule has 0 bridgehead atoms. The zero-order valence-corrected chi connectivity index (χ0v) is 11.4. The Balaban J connectivity index is 2.41. The van der Waals surface area contributed by atoms with Crippen LogP contribution in [-0.4, -0.2) is 8.42 Å². The number of hydrogen-bond acceptors (Lipinski definition) is 2. The number of nitrogens with one attached hydrogen (secondary N) is 1. The predicted octanol–water partition coefficient (Wildman–Crippen LogP) is 3.79. The van der Waals surface area contributed by atoms with Gasteiger partial charge in [-0.2, -0.15) is 0 Å². The Labute approximate surface area is 115 Å². The third-order valence-corrected chi connectivity index (χ3v) is 4.25. The first-order valence-corrected chi connectivity index (χ1v) is 7.26. The second-order valence-electron chi connectivity index (χ2n) is 3.52. The van der Waals surface area contributed by atoms with Gasteiger partial charge in [0.25, 0.3) is 10.0 Å². The minimum atomic E-state index is -3.68. The molecule has 0 atom stereocenters. The fourth-order valence-corrected chi connectivity index (χ4v) is 3.11. The Bertz CT molecular complexity index is 637. The molecule has 2 aromatic carbocycles. The SMILES string of the molecule is O=S(=O)(Nc1c(Cl)cccc1Cl)c1ccccc1. The van der Waals surface area contributed by atoms with Crippen LogP contribution in [0.25, 0.3) is 0 Å². The van der Waals surface area contributed by atoms with Gasteiger partial charge in [0, 0.05) is 0 Å². The quantitative estimate of drug-likeness (QED) is 0.937. The van der Waals surface area contributed by atoms with E-state index in [0.29, 0.717) is 0 Å². The van der Waals surface area contributed by atoms with Crippen LogP contribution in [0.15, 0.2) is 53.4 Å². The number of benzene rings is 2. The molecule has 94 valence electrons. The van der Waals surface area contributed by atoms with Crippen molar-refractivity contribution in [2.75, 3.05) is 4.72 Å². The van der Waals surface area contributed by atoms with Gasteiger partial charge in [-0.15, -0.1) is 0 Å². The number of halogens is 2. The molecule has 0 saturated carbocycles. The Hall–Kier alpha value is -1.23. The zero-order valence-electron chi connectivity index (χ0n) is 9.10. The van der Waals surface area contributed by atoms with Crippen LogP contribution in [0.2, 0.25) is 10.0 Å². The van der Waals surface area contributed by atoms with Crippen molar-refractivity contribution in [1.29, 1.82) is 0 Å². The minimum Gasteiger partial charge on any atom is -0.277 e. The molecule has 1 N–H and O–H groups in total. The standard InChI is InChI=1S/C12H9Cl2NO2S/c13-10-7-4-8-11(14)12(10)15-18(16,17)9-5-2-1-3-6-9/h1-8,15H. The molecule has 0 heterocycles. The van der Waals surface area contributed by atoms with Gasteiger partial charge in [-0.25, -0.2) is 8.42 Å². The van der Waals surface area contributed by atoms with E-state index in [-0.39, 0.29) is 20.6 Å². The van der Waals surface area contributed by atoms with Gasteiger partial charge in [0.2, 0.25) is 0 Å². The molecule has 2 rings (SSSR count). The van der Waals surface area contributed by atoms with Gasteiger partial charge in [-0.1, -0.05) is 47.5 Å². The van der Waals surface area contributed by atoms with E-state index >= 15 is 0 Å². The summed E-state index contributed by atoms with van der Waals surface area (Å²) in [6.45, 7) is 0. The smallest absolute Gasteiger partial charge is 0.261 e. The normalized spacial score (nSPS) is 11.2. The van der Waals surface area contributed by atoms with Crippen LogP contribution in [0, 0.1) is 0 Å². The summed E-state index contributed by atoms with van der Waals surface area (Å²) in [5, 5.41) is 0.504. The van der Waals surface area contributed by atoms with Crippen LogP contribution in [0.3, 0.4) is 0 Å². The predicted molar refractivity (Wildman–Crippen MR) is 73.7 cm³/mol. The summed E-state index contributed by atoms with van der Waals surface area (Å²) < 4.78 is 26.5. The molecule has 0 saturated heterocycles. The fourth-order valence-electron chi connectivity index (χ4n) is 1.39. The van der Waals surface area contributed by atoms with Gasteiger partial charge in [-0.05, 0) is 24.3 Å². The maximum atomic E-state index is 12.1. The summed E-state index contributed by atoms with van der Waals surface area (Å²) in [4.78, 5) is 0.154. The molecule has 0 aliphatic heterocycles. The molecule has 0 aliphatic carbocycles. The van der Waals surface area contributed by atoms with E-state index in [4.69, 9.17) is 23.2 Å². The van der Waals surface area contributed by atoms with E-state index in [1.807, 2.05) is 0 Å². The van der Waals surface area contributed by atoms with Gasteiger partial charge in [0.05, 0.1) is 20.6 Å². The van der Waals surface area contributed by atoms with Gasteiger partial charge in [0.15, 0.2) is 0 Å². The Morgan fingerprint density at radius 2 is 1.39 bits per heavy atom. The van der Waals surface area contributed by atoms with E-state index in [0.717, 1.165) is 0 Å². The molecule has 6 heteroatoms. The number of sulfonamides is 1. The average Bonchev–Trinajstić information content (AvgIpc) is 2.35. The fraction of sp³-hybridized carbons (Fsp3) is 0. The van der Waals surface area contributed by atoms with Gasteiger partial charge >= 0.3 is 0 Å². The minimum absolute atomic E-state index is 0.154. The molecule has 0 fully saturated rings. The summed E-state index contributed by atoms with van der Waals surface area (Å²) in [5.41, 5.74) is 0.185. The molecule has 0 radical (unpaired) electrons. The Morgan fingerprint density at radius 1 is 0.833 bits per heavy atom. The van der Waals surface area contributed by atoms with Crippen LogP contribution in [0.5, 0.6) is 0 Å². The van der Waals surface area contributed by atoms with Crippen molar-refractivity contribution in [2.24, 2.45) is 0 Å². The van der Waals surface area contributed by atoms with Crippen molar-refractivity contribution in [2.45, 2.75) is 4.90 Å². The van der Waals surface area contributed by atoms with Crippen LogP contribution in [0.4, 0.5) is 5.69 Å². The molecule has 0 unspecified atom stereocenters. The van der Waals surface area contributed by atoms with Gasteiger partial charge < -0.3 is 0 Å². The lowest BCUT2D eigenvalue weighted by Gasteiger charge is -2.10. The molecule has 3 nitrogen and oxygen atoms in total. The summed E-state index contributed by atoms with van der Waals surface area (Å²) in [7, 11) is -3.68. The van der Waals surface area contributed by atoms with Crippen molar-refractivity contribution >= 4 is 38.9 Å². The van der Waals surface area contributed by atoms with Gasteiger partial charge in [0.1, 0.15) is 0 Å². The third-order valence-electron chi connectivity index (χ3n) is 2.25. The highest BCUT2D eigenvalue weighted by Gasteiger charge is 2.16. The first kappa shape index (κ1) is 13.2. The molecule has 18 heavy (non-hydrogen) atoms. The van der Waals surface area contributed by atoms with E-state index in [9.17, 15) is 8.42 Å². The summed E-state index contributed by atoms with van der Waals surface area (Å²) in [5.74, 6) is 0. The highest BCUT2D eigenvalue weighted by Crippen LogP contribution is 2.31. The molecule has 0 amide bonds. The van der Waals surface area contributed by atoms with E-state index in [1.54, 1.807) is 36.4 Å². The third kappa shape index (κ3) is 2.77. The highest BCUT2D eigenvalue weighted by molar-refractivity contribution is 7.92. The zero-order chi connectivity index (χ0) is 13.2. The van der Waals surface area contributed by atoms with Crippen LogP contribution >= 0.6 is 23.2 Å². The topological polar surface area (TPSA) is 46.2 Å². The number of anilines is 1. The monoisotopic (exact) mass is 301 g/mol. The Kier molecular flexibility index (Phi) is 3.80. The maximum absolute atomic E-state index is 12.1. The summed E-state index contributed by atoms with van der Waals surface area (Å²) in [6, 6.07) is 12.8. The van der Waals surface area contributed by atoms with Gasteiger partial charge in [-0.3, -0.25) is 4.72 Å². The second-order valence-corrected chi connectivity index (χ2v) is 6.01. The molecule has 0 spiro atoms. The summed E-state index contributed by atoms with van der Waals surface area (Å²) >= 11 is 11.8. The van der Waals surface area contributed by atoms with Crippen molar-refractivity contribution in [3.05, 3.63) is 58.6 Å². The van der Waals surface area contributed by atoms with Crippen LogP contribution < -0.4 is 4.72 Å². The highest BCUT2D eigenvalue weighted by atomic mass is 35.5. The lowest BCUT2D eigenvalue weighted by atomic mass is 10.3. The maximum Gasteiger partial charge on any atom is 0.261 e. The van der Waals surface area contributed by atoms with Crippen molar-refractivity contribution in [3.63, 3.8) is 0 Å². The number of rotatable bonds is 3. The number of para-hydroxylation sites is 1. The first-order chi connectivity index (χ1) is 8.50. The number of hydrogen-bond donors (Lipinski definition) is 1. The van der Waals surface area contributed by atoms with Crippen molar-refractivity contribution < 1.29 is 8.42 Å². The van der Waals surface area contributed by atoms with Crippen LogP contribution in [-0.2, 0) is 10.0 Å². The molecule has 0 aliphatic rings. The molecule has 0 aromatic heterocycles. The van der Waals surface area contributed by atoms with E-state index < -0.39 is 10.0 Å². The average molecular weight is 302 g/mol. The van der Waals surface area contributed by atoms with E-state index in [2.05, 4.69) is 4.72 Å². The molecule has 2 aromatic rings. The van der Waals surface area contributed by atoms with E-state index in [1.165, 1.54) is 12.1 Å². The largest absolute Gasteiger partial charge is 0.277 e. The molecular weight excluding hydrogens is 293 g/mol. The lowest BCUT2D eigenvalue weighted by molar-refractivity contribution is 0.601. The first-order valence-electron chi connectivity index (χ1n) is 5.02. The molecular formula is C12H9Cl2NO2S. The van der Waals surface area contributed by atoms with Crippen LogP contribution in [0.1, 0.15) is 0 Å². The summed E-state index contributed by atoms with van der Waals surface area (Å²) in [6.07, 6.45) is 0. The Morgan fingerprint density at radius 3 is 1.94 bits per heavy atom. The second kappa shape index (κ2) is 5.18.